The number of nitrogens with zero attached hydrogens (tertiary/aromatic N) is 2. The lowest BCUT2D eigenvalue weighted by Gasteiger charge is -2.17. The molecule has 1 heterocycles. The van der Waals surface area contributed by atoms with Gasteiger partial charge in [0, 0.05) is 25.5 Å². The first-order valence-electron chi connectivity index (χ1n) is 5.42. The molecule has 0 aliphatic carbocycles. The first-order valence-corrected chi connectivity index (χ1v) is 6.24. The number of thiophene rings is 1. The minimum absolute atomic E-state index is 0.0500. The highest BCUT2D eigenvalue weighted by Gasteiger charge is 2.12. The Morgan fingerprint density at radius 2 is 2.00 bits per heavy atom. The molecule has 1 rings (SSSR count). The van der Waals surface area contributed by atoms with Crippen LogP contribution in [0.4, 0.5) is 0 Å². The zero-order valence-electron chi connectivity index (χ0n) is 10.8. The molecular weight excluding hydrogens is 252 g/mol. The Morgan fingerprint density at radius 1 is 1.33 bits per heavy atom. The summed E-state index contributed by atoms with van der Waals surface area (Å²) in [5.41, 5.74) is 2.09. The van der Waals surface area contributed by atoms with Crippen LogP contribution in [-0.2, 0) is 11.3 Å². The van der Waals surface area contributed by atoms with Crippen LogP contribution in [0.3, 0.4) is 0 Å². The van der Waals surface area contributed by atoms with Gasteiger partial charge in [-0.25, -0.2) is 5.84 Å². The van der Waals surface area contributed by atoms with Crippen molar-refractivity contribution in [2.24, 2.45) is 5.84 Å². The minimum atomic E-state index is -0.293. The van der Waals surface area contributed by atoms with Gasteiger partial charge in [0.15, 0.2) is 0 Å². The fourth-order valence-corrected chi connectivity index (χ4v) is 2.34. The average molecular weight is 270 g/mol. The van der Waals surface area contributed by atoms with Crippen molar-refractivity contribution < 1.29 is 9.59 Å². The zero-order valence-corrected chi connectivity index (χ0v) is 11.6. The quantitative estimate of drug-likeness (QED) is 0.444. The molecule has 0 atom stereocenters. The standard InChI is InChI=1S/C11H18N4O2S/c1-14(2)10(16)7-15(3)6-8-4-5-9(18-8)11(17)13-12/h4-5H,6-7,12H2,1-3H3,(H,13,17). The zero-order chi connectivity index (χ0) is 13.7. The summed E-state index contributed by atoms with van der Waals surface area (Å²) in [4.78, 5) is 27.8. The van der Waals surface area contributed by atoms with Crippen molar-refractivity contribution in [3.8, 4) is 0 Å². The van der Waals surface area contributed by atoms with Crippen LogP contribution in [0.15, 0.2) is 12.1 Å². The molecule has 0 saturated carbocycles. The molecule has 0 unspecified atom stereocenters. The molecule has 0 aliphatic rings. The van der Waals surface area contributed by atoms with Gasteiger partial charge >= 0.3 is 0 Å². The van der Waals surface area contributed by atoms with Gasteiger partial charge in [0.1, 0.15) is 0 Å². The Bertz CT molecular complexity index is 430. The Balaban J connectivity index is 2.54. The summed E-state index contributed by atoms with van der Waals surface area (Å²) < 4.78 is 0. The number of carbonyl (C=O) groups excluding carboxylic acids is 2. The highest BCUT2D eigenvalue weighted by molar-refractivity contribution is 7.14. The Labute approximate surface area is 110 Å². The molecule has 6 nitrogen and oxygen atoms in total. The number of hydrogen-bond acceptors (Lipinski definition) is 5. The summed E-state index contributed by atoms with van der Waals surface area (Å²) in [5, 5.41) is 0. The third-order valence-electron chi connectivity index (χ3n) is 2.35. The Morgan fingerprint density at radius 3 is 2.56 bits per heavy atom. The highest BCUT2D eigenvalue weighted by Crippen LogP contribution is 2.17. The number of carbonyl (C=O) groups is 2. The van der Waals surface area contributed by atoms with Gasteiger partial charge < -0.3 is 4.90 Å². The summed E-state index contributed by atoms with van der Waals surface area (Å²) in [6.07, 6.45) is 0. The smallest absolute Gasteiger partial charge is 0.275 e. The van der Waals surface area contributed by atoms with E-state index in [9.17, 15) is 9.59 Å². The SMILES string of the molecule is CN(CC(=O)N(C)C)Cc1ccc(C(=O)NN)s1. The summed E-state index contributed by atoms with van der Waals surface area (Å²) in [5.74, 6) is 4.82. The van der Waals surface area contributed by atoms with Crippen molar-refractivity contribution in [3.05, 3.63) is 21.9 Å². The van der Waals surface area contributed by atoms with E-state index in [-0.39, 0.29) is 11.8 Å². The van der Waals surface area contributed by atoms with E-state index in [1.54, 1.807) is 25.1 Å². The van der Waals surface area contributed by atoms with Crippen molar-refractivity contribution in [3.63, 3.8) is 0 Å². The average Bonchev–Trinajstić information content (AvgIpc) is 2.76. The molecule has 0 saturated heterocycles. The first-order chi connectivity index (χ1) is 8.43. The van der Waals surface area contributed by atoms with Crippen molar-refractivity contribution in [2.45, 2.75) is 6.54 Å². The van der Waals surface area contributed by atoms with Gasteiger partial charge in [-0.2, -0.15) is 0 Å². The van der Waals surface area contributed by atoms with Crippen LogP contribution in [0.5, 0.6) is 0 Å². The van der Waals surface area contributed by atoms with E-state index in [1.165, 1.54) is 11.3 Å². The largest absolute Gasteiger partial charge is 0.348 e. The van der Waals surface area contributed by atoms with E-state index >= 15 is 0 Å². The number of amides is 2. The van der Waals surface area contributed by atoms with Gasteiger partial charge in [-0.1, -0.05) is 0 Å². The fourth-order valence-electron chi connectivity index (χ4n) is 1.35. The maximum atomic E-state index is 11.5. The summed E-state index contributed by atoms with van der Waals surface area (Å²) >= 11 is 1.37. The predicted molar refractivity (Wildman–Crippen MR) is 71.0 cm³/mol. The Hall–Kier alpha value is -1.44. The number of rotatable bonds is 5. The summed E-state index contributed by atoms with van der Waals surface area (Å²) in [6, 6.07) is 3.59. The lowest BCUT2D eigenvalue weighted by atomic mass is 10.4. The van der Waals surface area contributed by atoms with E-state index in [1.807, 2.05) is 18.0 Å². The molecule has 7 heteroatoms. The molecule has 1 aromatic rings. The molecule has 2 amide bonds. The first kappa shape index (κ1) is 14.6. The molecular formula is C11H18N4O2S. The second-order valence-electron chi connectivity index (χ2n) is 4.20. The van der Waals surface area contributed by atoms with Gasteiger partial charge in [0.25, 0.3) is 5.91 Å². The second-order valence-corrected chi connectivity index (χ2v) is 5.37. The molecule has 0 spiro atoms. The molecule has 100 valence electrons. The molecule has 1 aromatic heterocycles. The van der Waals surface area contributed by atoms with Crippen LogP contribution < -0.4 is 11.3 Å². The number of nitrogens with one attached hydrogen (secondary N) is 1. The van der Waals surface area contributed by atoms with Gasteiger partial charge in [-0.15, -0.1) is 11.3 Å². The number of likely N-dealkylation sites (N-methyl/N-ethyl adjacent to an activating group) is 2. The lowest BCUT2D eigenvalue weighted by molar-refractivity contribution is -0.129. The van der Waals surface area contributed by atoms with Crippen molar-refractivity contribution in [2.75, 3.05) is 27.7 Å². The van der Waals surface area contributed by atoms with E-state index in [0.717, 1.165) is 4.88 Å². The fraction of sp³-hybridized carbons (Fsp3) is 0.455. The lowest BCUT2D eigenvalue weighted by Crippen LogP contribution is -2.33. The summed E-state index contributed by atoms with van der Waals surface area (Å²) in [6.45, 7) is 0.978. The van der Waals surface area contributed by atoms with Gasteiger partial charge in [0.2, 0.25) is 5.91 Å². The van der Waals surface area contributed by atoms with Crippen LogP contribution in [-0.4, -0.2) is 49.3 Å². The maximum absolute atomic E-state index is 11.5. The van der Waals surface area contributed by atoms with E-state index in [4.69, 9.17) is 5.84 Å². The van der Waals surface area contributed by atoms with E-state index < -0.39 is 0 Å². The van der Waals surface area contributed by atoms with Gasteiger partial charge in [-0.3, -0.25) is 19.9 Å². The van der Waals surface area contributed by atoms with Crippen LogP contribution in [0.25, 0.3) is 0 Å². The summed E-state index contributed by atoms with van der Waals surface area (Å²) in [7, 11) is 5.32. The molecule has 0 fully saturated rings. The van der Waals surface area contributed by atoms with Crippen molar-refractivity contribution in [1.82, 2.24) is 15.2 Å². The van der Waals surface area contributed by atoms with Crippen molar-refractivity contribution in [1.29, 1.82) is 0 Å². The molecule has 0 bridgehead atoms. The van der Waals surface area contributed by atoms with E-state index in [0.29, 0.717) is 18.0 Å². The molecule has 0 aliphatic heterocycles. The highest BCUT2D eigenvalue weighted by atomic mass is 32.1. The topological polar surface area (TPSA) is 78.7 Å². The maximum Gasteiger partial charge on any atom is 0.275 e. The van der Waals surface area contributed by atoms with E-state index in [2.05, 4.69) is 5.43 Å². The number of hydrogen-bond donors (Lipinski definition) is 2. The Kier molecular flexibility index (Phi) is 5.26. The van der Waals surface area contributed by atoms with Gasteiger partial charge in [0.05, 0.1) is 11.4 Å². The van der Waals surface area contributed by atoms with Crippen molar-refractivity contribution >= 4 is 23.2 Å². The third kappa shape index (κ3) is 4.10. The van der Waals surface area contributed by atoms with Crippen LogP contribution in [0.2, 0.25) is 0 Å². The molecule has 18 heavy (non-hydrogen) atoms. The predicted octanol–water partition coefficient (Wildman–Crippen LogP) is -0.128. The number of nitrogens with two attached hydrogens (primary N) is 1. The minimum Gasteiger partial charge on any atom is -0.348 e. The molecule has 0 radical (unpaired) electrons. The third-order valence-corrected chi connectivity index (χ3v) is 3.42. The number of hydrazine groups is 1. The van der Waals surface area contributed by atoms with Crippen LogP contribution in [0.1, 0.15) is 14.5 Å². The van der Waals surface area contributed by atoms with Crippen LogP contribution >= 0.6 is 11.3 Å². The molecule has 3 N–H and O–H groups in total. The monoisotopic (exact) mass is 270 g/mol. The van der Waals surface area contributed by atoms with Crippen LogP contribution in [0, 0.1) is 0 Å². The molecule has 0 aromatic carbocycles. The number of nitrogen functional groups attached to an aromatic ring is 1. The second kappa shape index (κ2) is 6.48. The van der Waals surface area contributed by atoms with Gasteiger partial charge in [-0.05, 0) is 19.2 Å². The normalized spacial score (nSPS) is 10.5.